The summed E-state index contributed by atoms with van der Waals surface area (Å²) in [4.78, 5) is 45.2. The van der Waals surface area contributed by atoms with Crippen molar-refractivity contribution in [3.63, 3.8) is 0 Å². The van der Waals surface area contributed by atoms with Gasteiger partial charge in [-0.25, -0.2) is 23.4 Å². The third-order valence-electron chi connectivity index (χ3n) is 12.3. The summed E-state index contributed by atoms with van der Waals surface area (Å²) in [6.45, 7) is 2.94. The number of nitrogens with one attached hydrogen (secondary N) is 2. The minimum atomic E-state index is -4.37. The van der Waals surface area contributed by atoms with E-state index in [-0.39, 0.29) is 52.1 Å². The maximum atomic E-state index is 14.4. The Morgan fingerprint density at radius 2 is 1.23 bits per heavy atom. The maximum absolute atomic E-state index is 14.4. The van der Waals surface area contributed by atoms with Crippen LogP contribution in [-0.4, -0.2) is 84.7 Å². The molecule has 2 saturated carbocycles. The molecule has 2 aliphatic rings. The second-order valence-corrected chi connectivity index (χ2v) is 17.9. The van der Waals surface area contributed by atoms with Crippen molar-refractivity contribution >= 4 is 40.5 Å². The Morgan fingerprint density at radius 1 is 0.732 bits per heavy atom. The first-order valence-corrected chi connectivity index (χ1v) is 22.9. The largest absolute Gasteiger partial charge is 0.494 e. The SMILES string of the molecule is COc1ccc(C(O)c2cc(NCCC(F)(F)F)c3ncc(-c4ccc(C(=O)CC5CC5)c(C)c4)n3n2)cc1F.Cc1cc(-c2cnc3c(NCCC(F)(F)F)cc(C=O)nn23)ccc1C(=O)CC1CC1. The molecule has 0 aliphatic heterocycles. The van der Waals surface area contributed by atoms with Crippen molar-refractivity contribution in [3.8, 4) is 28.3 Å². The van der Waals surface area contributed by atoms with Crippen LogP contribution in [0.15, 0.2) is 79.1 Å². The molecule has 0 bridgehead atoms. The number of aryl methyl sites for hydroxylation is 2. The lowest BCUT2D eigenvalue weighted by atomic mass is 9.98. The van der Waals surface area contributed by atoms with Crippen molar-refractivity contribution in [3.05, 3.63) is 124 Å². The fourth-order valence-corrected chi connectivity index (χ4v) is 8.18. The van der Waals surface area contributed by atoms with Gasteiger partial charge in [0.05, 0.1) is 60.8 Å². The Labute approximate surface area is 402 Å². The molecule has 13 nitrogen and oxygen atoms in total. The number of hydrogen-bond donors (Lipinski definition) is 3. The summed E-state index contributed by atoms with van der Waals surface area (Å²) in [6.07, 6.45) is -3.08. The number of anilines is 2. The number of aromatic nitrogens is 6. The zero-order valence-corrected chi connectivity index (χ0v) is 38.8. The van der Waals surface area contributed by atoms with Gasteiger partial charge in [0, 0.05) is 48.2 Å². The number of benzene rings is 3. The van der Waals surface area contributed by atoms with Crippen LogP contribution in [0.25, 0.3) is 33.8 Å². The number of alkyl halides is 6. The Kier molecular flexibility index (Phi) is 14.6. The van der Waals surface area contributed by atoms with E-state index in [4.69, 9.17) is 4.74 Å². The summed E-state index contributed by atoms with van der Waals surface area (Å²) in [5.41, 5.74) is 6.83. The Bertz CT molecular complexity index is 3120. The van der Waals surface area contributed by atoms with Crippen molar-refractivity contribution in [1.82, 2.24) is 29.2 Å². The van der Waals surface area contributed by atoms with Crippen LogP contribution in [0, 0.1) is 31.5 Å². The smallest absolute Gasteiger partial charge is 0.390 e. The second-order valence-electron chi connectivity index (χ2n) is 17.9. The quantitative estimate of drug-likeness (QED) is 0.0426. The number of methoxy groups -OCH3 is 1. The average Bonchev–Trinajstić information content (AvgIpc) is 4.23. The minimum absolute atomic E-state index is 0.000179. The number of hydrogen-bond acceptors (Lipinski definition) is 11. The summed E-state index contributed by atoms with van der Waals surface area (Å²) < 4.78 is 98.2. The number of carbonyl (C=O) groups excluding carboxylic acids is 3. The highest BCUT2D eigenvalue weighted by molar-refractivity contribution is 5.99. The number of Topliss-reactive ketones (excluding diaryl/α,β-unsaturated/α-hetero) is 2. The third-order valence-corrected chi connectivity index (χ3v) is 12.3. The second kappa shape index (κ2) is 20.6. The molecule has 4 aromatic heterocycles. The monoisotopic (exact) mass is 986 g/mol. The van der Waals surface area contributed by atoms with Gasteiger partial charge in [0.2, 0.25) is 0 Å². The molecule has 372 valence electrons. The van der Waals surface area contributed by atoms with E-state index >= 15 is 0 Å². The van der Waals surface area contributed by atoms with Gasteiger partial charge in [-0.05, 0) is 104 Å². The number of aliphatic hydroxyl groups is 1. The molecule has 7 aromatic rings. The van der Waals surface area contributed by atoms with E-state index in [1.807, 2.05) is 26.0 Å². The first kappa shape index (κ1) is 50.2. The zero-order chi connectivity index (χ0) is 50.8. The molecule has 0 saturated heterocycles. The zero-order valence-electron chi connectivity index (χ0n) is 38.8. The number of aldehydes is 1. The van der Waals surface area contributed by atoms with Gasteiger partial charge < -0.3 is 20.5 Å². The lowest BCUT2D eigenvalue weighted by Gasteiger charge is -2.16. The summed E-state index contributed by atoms with van der Waals surface area (Å²) in [5, 5.41) is 25.3. The van der Waals surface area contributed by atoms with Crippen molar-refractivity contribution in [2.24, 2.45) is 11.8 Å². The van der Waals surface area contributed by atoms with Crippen molar-refractivity contribution < 1.29 is 55.0 Å². The van der Waals surface area contributed by atoms with Crippen LogP contribution in [0.3, 0.4) is 0 Å². The molecule has 0 radical (unpaired) electrons. The third kappa shape index (κ3) is 12.2. The van der Waals surface area contributed by atoms with Gasteiger partial charge in [-0.1, -0.05) is 30.3 Å². The molecule has 1 atom stereocenters. The summed E-state index contributed by atoms with van der Waals surface area (Å²) in [6, 6.07) is 17.5. The molecule has 0 amide bonds. The van der Waals surface area contributed by atoms with E-state index in [2.05, 4.69) is 30.8 Å². The van der Waals surface area contributed by atoms with Gasteiger partial charge in [0.15, 0.2) is 40.7 Å². The number of imidazole rings is 2. The number of nitrogens with zero attached hydrogens (tertiary/aromatic N) is 6. The number of fused-ring (bicyclic) bond motifs is 2. The summed E-state index contributed by atoms with van der Waals surface area (Å²) in [7, 11) is 1.32. The molecule has 3 aromatic carbocycles. The van der Waals surface area contributed by atoms with Gasteiger partial charge in [0.1, 0.15) is 11.8 Å². The topological polar surface area (TPSA) is 165 Å². The summed E-state index contributed by atoms with van der Waals surface area (Å²) >= 11 is 0. The Morgan fingerprint density at radius 3 is 1.66 bits per heavy atom. The number of ether oxygens (including phenoxy) is 1. The number of rotatable bonds is 18. The normalized spacial score (nSPS) is 14.2. The number of aliphatic hydroxyl groups excluding tert-OH is 1. The van der Waals surface area contributed by atoms with Gasteiger partial charge in [0.25, 0.3) is 0 Å². The lowest BCUT2D eigenvalue weighted by molar-refractivity contribution is -0.132. The van der Waals surface area contributed by atoms with Gasteiger partial charge in [-0.2, -0.15) is 36.5 Å². The van der Waals surface area contributed by atoms with Crippen molar-refractivity contribution in [2.75, 3.05) is 30.8 Å². The van der Waals surface area contributed by atoms with Crippen LogP contribution in [0.1, 0.15) is 111 Å². The molecule has 1 unspecified atom stereocenters. The first-order valence-electron chi connectivity index (χ1n) is 22.9. The molecule has 2 aliphatic carbocycles. The molecule has 0 spiro atoms. The molecule has 4 heterocycles. The molecule has 3 N–H and O–H groups in total. The fraction of sp³-hybridized carbons (Fsp3) is 0.353. The van der Waals surface area contributed by atoms with Crippen molar-refractivity contribution in [1.29, 1.82) is 0 Å². The molecular weight excluding hydrogens is 938 g/mol. The predicted molar refractivity (Wildman–Crippen MR) is 250 cm³/mol. The van der Waals surface area contributed by atoms with E-state index in [1.165, 1.54) is 46.6 Å². The van der Waals surface area contributed by atoms with E-state index in [0.717, 1.165) is 48.4 Å². The first-order chi connectivity index (χ1) is 33.8. The van der Waals surface area contributed by atoms with Crippen LogP contribution in [0.4, 0.5) is 42.1 Å². The fourth-order valence-electron chi connectivity index (χ4n) is 8.18. The van der Waals surface area contributed by atoms with E-state index < -0.39 is 43.7 Å². The van der Waals surface area contributed by atoms with Crippen LogP contribution in [0.5, 0.6) is 5.75 Å². The Balaban J connectivity index is 0.000000197. The van der Waals surface area contributed by atoms with Gasteiger partial charge >= 0.3 is 12.4 Å². The predicted octanol–water partition coefficient (Wildman–Crippen LogP) is 11.1. The van der Waals surface area contributed by atoms with Crippen LogP contribution in [-0.2, 0) is 0 Å². The maximum Gasteiger partial charge on any atom is 0.390 e. The molecular formula is C51H49F7N8O5. The van der Waals surface area contributed by atoms with E-state index in [9.17, 15) is 50.2 Å². The molecule has 9 rings (SSSR count). The van der Waals surface area contributed by atoms with E-state index in [0.29, 0.717) is 70.4 Å². The molecule has 20 heteroatoms. The van der Waals surface area contributed by atoms with Gasteiger partial charge in [-0.15, -0.1) is 0 Å². The van der Waals surface area contributed by atoms with Crippen LogP contribution in [0.2, 0.25) is 0 Å². The Hall–Kier alpha value is -7.22. The highest BCUT2D eigenvalue weighted by atomic mass is 19.4. The van der Waals surface area contributed by atoms with E-state index in [1.54, 1.807) is 30.5 Å². The molecule has 2 fully saturated rings. The molecule has 71 heavy (non-hydrogen) atoms. The minimum Gasteiger partial charge on any atom is -0.494 e. The summed E-state index contributed by atoms with van der Waals surface area (Å²) in [5.74, 6) is 0.499. The van der Waals surface area contributed by atoms with Crippen molar-refractivity contribution in [2.45, 2.75) is 83.7 Å². The standard InChI is InChI=1S/C29H28F4N4O3.C22H21F3N4O2/c1-16-11-18(5-7-20(16)25(38)12-17-3-4-17)24-15-35-28-23(34-10-9-29(31,32)33)14-22(36-37(24)28)27(39)19-6-8-26(40-2)21(30)13-19;1-13-8-15(4-5-17(13)20(31)9-14-2-3-14)19-11-27-21-18(26-7-6-22(23,24)25)10-16(12-30)28-29(19)21/h5-8,11,13-15,17,27,34,39H,3-4,9-10,12H2,1-2H3;4-5,8,10-12,14,26H,2-3,6-7,9H2,1H3. The van der Waals surface area contributed by atoms with Gasteiger partial charge in [-0.3, -0.25) is 14.4 Å². The highest BCUT2D eigenvalue weighted by Crippen LogP contribution is 2.37. The highest BCUT2D eigenvalue weighted by Gasteiger charge is 2.30. The average molecular weight is 987 g/mol. The lowest BCUT2D eigenvalue weighted by Crippen LogP contribution is -2.16. The number of halogens is 7. The van der Waals surface area contributed by atoms with Crippen LogP contribution < -0.4 is 15.4 Å². The number of carbonyl (C=O) groups is 3. The number of ketones is 2. The van der Waals surface area contributed by atoms with Crippen LogP contribution >= 0.6 is 0 Å².